The number of benzene rings is 1. The van der Waals surface area contributed by atoms with Crippen LogP contribution < -0.4 is 10.2 Å². The first-order chi connectivity index (χ1) is 8.88. The van der Waals surface area contributed by atoms with Crippen molar-refractivity contribution in [1.29, 1.82) is 0 Å². The van der Waals surface area contributed by atoms with Crippen molar-refractivity contribution in [2.45, 2.75) is 12.3 Å². The van der Waals surface area contributed by atoms with Gasteiger partial charge in [-0.3, -0.25) is 15.0 Å². The zero-order valence-electron chi connectivity index (χ0n) is 10.2. The van der Waals surface area contributed by atoms with E-state index in [1.54, 1.807) is 30.4 Å². The molecule has 18 heavy (non-hydrogen) atoms. The molecule has 0 aliphatic carbocycles. The Bertz CT molecular complexity index is 460. The fourth-order valence-corrected chi connectivity index (χ4v) is 2.95. The lowest BCUT2D eigenvalue weighted by molar-refractivity contribution is 0.271. The van der Waals surface area contributed by atoms with Gasteiger partial charge >= 0.3 is 0 Å². The van der Waals surface area contributed by atoms with E-state index in [-0.39, 0.29) is 0 Å². The topological polar surface area (TPSA) is 33.3 Å². The Morgan fingerprint density at radius 3 is 3.00 bits per heavy atom. The molecule has 0 radical (unpaired) electrons. The Balaban J connectivity index is 1.74. The summed E-state index contributed by atoms with van der Waals surface area (Å²) in [6.07, 6.45) is 0. The number of thiophene rings is 1. The van der Waals surface area contributed by atoms with E-state index in [0.717, 1.165) is 18.0 Å². The normalized spacial score (nSPS) is 10.5. The van der Waals surface area contributed by atoms with E-state index >= 15 is 0 Å². The number of anilines is 1. The molecule has 0 bridgehead atoms. The van der Waals surface area contributed by atoms with Gasteiger partial charge in [-0.1, -0.05) is 30.1 Å². The Kier molecular flexibility index (Phi) is 5.54. The SMILES string of the molecule is CONc1cccc(CSNCc2cccs2)c1. The third kappa shape index (κ3) is 4.34. The fourth-order valence-electron chi connectivity index (χ4n) is 1.51. The monoisotopic (exact) mass is 280 g/mol. The zero-order chi connectivity index (χ0) is 12.6. The van der Waals surface area contributed by atoms with Crippen LogP contribution in [0.3, 0.4) is 0 Å². The Morgan fingerprint density at radius 1 is 1.28 bits per heavy atom. The van der Waals surface area contributed by atoms with Crippen LogP contribution >= 0.6 is 23.3 Å². The van der Waals surface area contributed by atoms with Crippen molar-refractivity contribution in [3.8, 4) is 0 Å². The molecule has 0 unspecified atom stereocenters. The van der Waals surface area contributed by atoms with Crippen molar-refractivity contribution in [2.24, 2.45) is 0 Å². The lowest BCUT2D eigenvalue weighted by atomic mass is 10.2. The predicted octanol–water partition coefficient (Wildman–Crippen LogP) is 3.66. The second-order valence-electron chi connectivity index (χ2n) is 3.70. The number of nitrogens with one attached hydrogen (secondary N) is 2. The Morgan fingerprint density at radius 2 is 2.22 bits per heavy atom. The van der Waals surface area contributed by atoms with Crippen molar-refractivity contribution >= 4 is 29.0 Å². The molecule has 2 aromatic rings. The fraction of sp³-hybridized carbons (Fsp3) is 0.231. The van der Waals surface area contributed by atoms with Gasteiger partial charge in [0.15, 0.2) is 0 Å². The standard InChI is InChI=1S/C13H16N2OS2/c1-16-15-12-5-2-4-11(8-12)10-18-14-9-13-6-3-7-17-13/h2-8,14-15H,9-10H2,1H3. The van der Waals surface area contributed by atoms with Gasteiger partial charge in [-0.25, -0.2) is 0 Å². The highest BCUT2D eigenvalue weighted by atomic mass is 32.2. The average Bonchev–Trinajstić information content (AvgIpc) is 2.89. The zero-order valence-corrected chi connectivity index (χ0v) is 11.8. The van der Waals surface area contributed by atoms with Gasteiger partial charge in [0.1, 0.15) is 0 Å². The highest BCUT2D eigenvalue weighted by molar-refractivity contribution is 7.96. The van der Waals surface area contributed by atoms with Crippen LogP contribution in [0.4, 0.5) is 5.69 Å². The largest absolute Gasteiger partial charge is 0.279 e. The summed E-state index contributed by atoms with van der Waals surface area (Å²) in [5.74, 6) is 0.935. The third-order valence-corrected chi connectivity index (χ3v) is 4.02. The summed E-state index contributed by atoms with van der Waals surface area (Å²) in [6.45, 7) is 0.915. The van der Waals surface area contributed by atoms with Crippen LogP contribution in [0.5, 0.6) is 0 Å². The second-order valence-corrected chi connectivity index (χ2v) is 5.59. The Hall–Kier alpha value is -1.01. The van der Waals surface area contributed by atoms with Crippen molar-refractivity contribution < 1.29 is 4.84 Å². The maximum Gasteiger partial charge on any atom is 0.0636 e. The molecule has 96 valence electrons. The first-order valence-electron chi connectivity index (χ1n) is 5.63. The van der Waals surface area contributed by atoms with E-state index in [4.69, 9.17) is 4.84 Å². The number of hydrogen-bond donors (Lipinski definition) is 2. The lowest BCUT2D eigenvalue weighted by Crippen LogP contribution is -2.02. The van der Waals surface area contributed by atoms with Crippen molar-refractivity contribution in [2.75, 3.05) is 12.6 Å². The minimum absolute atomic E-state index is 0.915. The smallest absolute Gasteiger partial charge is 0.0636 e. The van der Waals surface area contributed by atoms with Gasteiger partial charge in [-0.2, -0.15) is 0 Å². The van der Waals surface area contributed by atoms with E-state index in [1.807, 2.05) is 12.1 Å². The number of rotatable bonds is 7. The Labute approximate surface area is 116 Å². The van der Waals surface area contributed by atoms with Gasteiger partial charge in [0.2, 0.25) is 0 Å². The van der Waals surface area contributed by atoms with Crippen LogP contribution in [0.1, 0.15) is 10.4 Å². The summed E-state index contributed by atoms with van der Waals surface area (Å²) in [4.78, 5) is 6.25. The van der Waals surface area contributed by atoms with Crippen LogP contribution in [0.15, 0.2) is 41.8 Å². The van der Waals surface area contributed by atoms with Gasteiger partial charge in [-0.05, 0) is 29.1 Å². The van der Waals surface area contributed by atoms with Crippen molar-refractivity contribution in [3.63, 3.8) is 0 Å². The molecule has 0 saturated heterocycles. The molecule has 0 atom stereocenters. The van der Waals surface area contributed by atoms with Gasteiger partial charge in [-0.15, -0.1) is 11.3 Å². The van der Waals surface area contributed by atoms with Crippen LogP contribution in [-0.2, 0) is 17.1 Å². The summed E-state index contributed by atoms with van der Waals surface area (Å²) in [7, 11) is 1.62. The molecule has 0 spiro atoms. The van der Waals surface area contributed by atoms with Crippen LogP contribution in [0.25, 0.3) is 0 Å². The van der Waals surface area contributed by atoms with Crippen molar-refractivity contribution in [3.05, 3.63) is 52.2 Å². The summed E-state index contributed by atoms with van der Waals surface area (Å²) >= 11 is 3.50. The van der Waals surface area contributed by atoms with E-state index in [9.17, 15) is 0 Å². The van der Waals surface area contributed by atoms with Gasteiger partial charge < -0.3 is 0 Å². The van der Waals surface area contributed by atoms with Crippen LogP contribution in [0.2, 0.25) is 0 Å². The third-order valence-electron chi connectivity index (χ3n) is 2.31. The quantitative estimate of drug-likeness (QED) is 0.461. The summed E-state index contributed by atoms with van der Waals surface area (Å²) in [5.41, 5.74) is 5.08. The molecule has 2 rings (SSSR count). The molecule has 3 nitrogen and oxygen atoms in total. The highest BCUT2D eigenvalue weighted by Crippen LogP contribution is 2.16. The first-order valence-corrected chi connectivity index (χ1v) is 7.50. The van der Waals surface area contributed by atoms with Crippen molar-refractivity contribution in [1.82, 2.24) is 4.72 Å². The first kappa shape index (κ1) is 13.4. The van der Waals surface area contributed by atoms with E-state index in [0.29, 0.717) is 0 Å². The highest BCUT2D eigenvalue weighted by Gasteiger charge is 1.97. The maximum absolute atomic E-state index is 4.89. The molecule has 0 aliphatic rings. The second kappa shape index (κ2) is 7.43. The molecule has 0 saturated carbocycles. The lowest BCUT2D eigenvalue weighted by Gasteiger charge is -2.06. The number of hydrogen-bond acceptors (Lipinski definition) is 5. The summed E-state index contributed by atoms with van der Waals surface area (Å²) < 4.78 is 3.36. The predicted molar refractivity (Wildman–Crippen MR) is 79.5 cm³/mol. The van der Waals surface area contributed by atoms with E-state index in [2.05, 4.69) is 39.8 Å². The van der Waals surface area contributed by atoms with E-state index < -0.39 is 0 Å². The molecule has 1 heterocycles. The average molecular weight is 280 g/mol. The molecule has 1 aromatic carbocycles. The van der Waals surface area contributed by atoms with Gasteiger partial charge in [0, 0.05) is 17.2 Å². The molecule has 2 N–H and O–H groups in total. The molecule has 5 heteroatoms. The van der Waals surface area contributed by atoms with Gasteiger partial charge in [0.05, 0.1) is 12.8 Å². The minimum atomic E-state index is 0.915. The molecule has 1 aromatic heterocycles. The minimum Gasteiger partial charge on any atom is -0.279 e. The molecular formula is C13H16N2OS2. The molecular weight excluding hydrogens is 264 g/mol. The summed E-state index contributed by atoms with van der Waals surface area (Å²) in [5, 5.41) is 2.10. The van der Waals surface area contributed by atoms with Crippen LogP contribution in [0, 0.1) is 0 Å². The molecule has 0 amide bonds. The maximum atomic E-state index is 4.89. The van der Waals surface area contributed by atoms with Crippen LogP contribution in [-0.4, -0.2) is 7.11 Å². The van der Waals surface area contributed by atoms with Gasteiger partial charge in [0.25, 0.3) is 0 Å². The molecule has 0 aliphatic heterocycles. The summed E-state index contributed by atoms with van der Waals surface area (Å²) in [6, 6.07) is 12.4. The molecule has 0 fully saturated rings. The van der Waals surface area contributed by atoms with E-state index in [1.165, 1.54) is 10.4 Å².